The number of benzene rings is 1. The number of nitrogens with zero attached hydrogens (tertiary/aromatic N) is 4. The van der Waals surface area contributed by atoms with Crippen LogP contribution < -0.4 is 0 Å². The molecule has 28 heavy (non-hydrogen) atoms. The van der Waals surface area contributed by atoms with Gasteiger partial charge in [-0.25, -0.2) is 0 Å². The summed E-state index contributed by atoms with van der Waals surface area (Å²) in [5, 5.41) is 4.16. The molecule has 3 aromatic rings. The van der Waals surface area contributed by atoms with Crippen LogP contribution in [0.3, 0.4) is 0 Å². The number of aromatic nitrogens is 2. The van der Waals surface area contributed by atoms with Gasteiger partial charge in [0.1, 0.15) is 17.0 Å². The first-order valence-electron chi connectivity index (χ1n) is 9.64. The van der Waals surface area contributed by atoms with E-state index < -0.39 is 0 Å². The molecular weight excluding hydrogens is 352 g/mol. The maximum atomic E-state index is 13.3. The molecule has 3 heterocycles. The molecule has 1 fully saturated rings. The Bertz CT molecular complexity index is 924. The van der Waals surface area contributed by atoms with Gasteiger partial charge in [0.25, 0.3) is 5.91 Å². The summed E-state index contributed by atoms with van der Waals surface area (Å²) in [6.07, 6.45) is 4.59. The summed E-state index contributed by atoms with van der Waals surface area (Å²) in [7, 11) is 0. The predicted octanol–water partition coefficient (Wildman–Crippen LogP) is 3.39. The summed E-state index contributed by atoms with van der Waals surface area (Å²) in [5.41, 5.74) is 3.35. The number of pyridine rings is 1. The average molecular weight is 376 g/mol. The van der Waals surface area contributed by atoms with Crippen molar-refractivity contribution < 1.29 is 9.32 Å². The number of amides is 1. The van der Waals surface area contributed by atoms with Gasteiger partial charge in [0, 0.05) is 50.7 Å². The van der Waals surface area contributed by atoms with Gasteiger partial charge >= 0.3 is 0 Å². The lowest BCUT2D eigenvalue weighted by Crippen LogP contribution is -2.35. The highest BCUT2D eigenvalue weighted by Crippen LogP contribution is 2.26. The summed E-state index contributed by atoms with van der Waals surface area (Å²) >= 11 is 0. The third-order valence-electron chi connectivity index (χ3n) is 5.16. The molecule has 0 atom stereocenters. The van der Waals surface area contributed by atoms with E-state index in [1.54, 1.807) is 6.92 Å². The smallest absolute Gasteiger partial charge is 0.259 e. The van der Waals surface area contributed by atoms with Crippen molar-refractivity contribution in [2.24, 2.45) is 0 Å². The van der Waals surface area contributed by atoms with Crippen LogP contribution in [0, 0.1) is 6.92 Å². The number of aryl methyl sites for hydroxylation is 1. The zero-order valence-electron chi connectivity index (χ0n) is 16.0. The fourth-order valence-electron chi connectivity index (χ4n) is 3.65. The van der Waals surface area contributed by atoms with Crippen molar-refractivity contribution in [1.82, 2.24) is 19.9 Å². The van der Waals surface area contributed by atoms with Gasteiger partial charge in [0.05, 0.1) is 0 Å². The minimum atomic E-state index is 0.00311. The highest BCUT2D eigenvalue weighted by molar-refractivity contribution is 6.00. The standard InChI is InChI=1S/C22H24N4O2/c1-17-20(21(24-28-17)19-6-3-2-4-7-19)22(27)26-13-5-12-25(14-15-26)16-18-8-10-23-11-9-18/h2-4,6-11H,5,12-16H2,1H3. The van der Waals surface area contributed by atoms with E-state index in [0.29, 0.717) is 23.6 Å². The molecule has 0 spiro atoms. The molecule has 0 radical (unpaired) electrons. The van der Waals surface area contributed by atoms with E-state index >= 15 is 0 Å². The third kappa shape index (κ3) is 3.97. The largest absolute Gasteiger partial charge is 0.360 e. The van der Waals surface area contributed by atoms with Crippen LogP contribution in [0.5, 0.6) is 0 Å². The van der Waals surface area contributed by atoms with Crippen LogP contribution in [0.1, 0.15) is 28.1 Å². The monoisotopic (exact) mass is 376 g/mol. The molecule has 1 aliphatic heterocycles. The number of carbonyl (C=O) groups excluding carboxylic acids is 1. The fourth-order valence-corrected chi connectivity index (χ4v) is 3.65. The molecule has 2 aromatic heterocycles. The normalized spacial score (nSPS) is 15.4. The highest BCUT2D eigenvalue weighted by atomic mass is 16.5. The SMILES string of the molecule is Cc1onc(-c2ccccc2)c1C(=O)N1CCCN(Cc2ccncc2)CC1. The molecule has 6 heteroatoms. The first-order valence-corrected chi connectivity index (χ1v) is 9.64. The number of hydrogen-bond acceptors (Lipinski definition) is 5. The van der Waals surface area contributed by atoms with Crippen LogP contribution in [0.4, 0.5) is 0 Å². The summed E-state index contributed by atoms with van der Waals surface area (Å²) in [4.78, 5) is 21.7. The first kappa shape index (κ1) is 18.4. The molecule has 0 unspecified atom stereocenters. The third-order valence-corrected chi connectivity index (χ3v) is 5.16. The first-order chi connectivity index (χ1) is 13.7. The van der Waals surface area contributed by atoms with Crippen molar-refractivity contribution in [1.29, 1.82) is 0 Å². The predicted molar refractivity (Wildman–Crippen MR) is 107 cm³/mol. The molecule has 1 amide bonds. The van der Waals surface area contributed by atoms with Gasteiger partial charge in [0.2, 0.25) is 0 Å². The summed E-state index contributed by atoms with van der Waals surface area (Å²) < 4.78 is 5.38. The Morgan fingerprint density at radius 2 is 1.82 bits per heavy atom. The van der Waals surface area contributed by atoms with Crippen molar-refractivity contribution in [3.8, 4) is 11.3 Å². The molecule has 0 aliphatic carbocycles. The zero-order valence-corrected chi connectivity index (χ0v) is 16.0. The van der Waals surface area contributed by atoms with Crippen molar-refractivity contribution in [2.45, 2.75) is 19.9 Å². The highest BCUT2D eigenvalue weighted by Gasteiger charge is 2.27. The molecule has 1 saturated heterocycles. The van der Waals surface area contributed by atoms with Gasteiger partial charge in [-0.3, -0.25) is 14.7 Å². The Balaban J connectivity index is 1.48. The second kappa shape index (κ2) is 8.35. The van der Waals surface area contributed by atoms with Gasteiger partial charge in [-0.15, -0.1) is 0 Å². The van der Waals surface area contributed by atoms with Crippen molar-refractivity contribution in [2.75, 3.05) is 26.2 Å². The van der Waals surface area contributed by atoms with E-state index in [0.717, 1.165) is 38.2 Å². The van der Waals surface area contributed by atoms with E-state index in [2.05, 4.69) is 15.0 Å². The maximum Gasteiger partial charge on any atom is 0.259 e. The second-order valence-electron chi connectivity index (χ2n) is 7.11. The Hall–Kier alpha value is -2.99. The average Bonchev–Trinajstić information content (AvgIpc) is 2.96. The van der Waals surface area contributed by atoms with E-state index in [-0.39, 0.29) is 5.91 Å². The van der Waals surface area contributed by atoms with Crippen LogP contribution in [0.25, 0.3) is 11.3 Å². The van der Waals surface area contributed by atoms with Gasteiger partial charge in [0.15, 0.2) is 0 Å². The van der Waals surface area contributed by atoms with Crippen LogP contribution in [0.15, 0.2) is 59.4 Å². The molecule has 0 saturated carbocycles. The lowest BCUT2D eigenvalue weighted by Gasteiger charge is -2.22. The lowest BCUT2D eigenvalue weighted by atomic mass is 10.1. The Morgan fingerprint density at radius 1 is 1.04 bits per heavy atom. The van der Waals surface area contributed by atoms with E-state index in [1.165, 1.54) is 5.56 Å². The second-order valence-corrected chi connectivity index (χ2v) is 7.11. The van der Waals surface area contributed by atoms with Crippen LogP contribution in [-0.4, -0.2) is 52.0 Å². The molecular formula is C22H24N4O2. The fraction of sp³-hybridized carbons (Fsp3) is 0.318. The van der Waals surface area contributed by atoms with Gasteiger partial charge in [-0.1, -0.05) is 35.5 Å². The molecule has 144 valence electrons. The summed E-state index contributed by atoms with van der Waals surface area (Å²) in [6, 6.07) is 13.8. The lowest BCUT2D eigenvalue weighted by molar-refractivity contribution is 0.0760. The molecule has 1 aliphatic rings. The van der Waals surface area contributed by atoms with Gasteiger partial charge < -0.3 is 9.42 Å². The Kier molecular flexibility index (Phi) is 5.48. The maximum absolute atomic E-state index is 13.3. The molecule has 0 N–H and O–H groups in total. The minimum Gasteiger partial charge on any atom is -0.360 e. The Labute approximate surface area is 164 Å². The quantitative estimate of drug-likeness (QED) is 0.698. The van der Waals surface area contributed by atoms with Crippen molar-refractivity contribution >= 4 is 5.91 Å². The van der Waals surface area contributed by atoms with E-state index in [9.17, 15) is 4.79 Å². The topological polar surface area (TPSA) is 62.5 Å². The van der Waals surface area contributed by atoms with Crippen molar-refractivity contribution in [3.05, 3.63) is 71.7 Å². The number of rotatable bonds is 4. The summed E-state index contributed by atoms with van der Waals surface area (Å²) in [5.74, 6) is 0.574. The Morgan fingerprint density at radius 3 is 2.61 bits per heavy atom. The van der Waals surface area contributed by atoms with E-state index in [1.807, 2.05) is 59.8 Å². The molecule has 0 bridgehead atoms. The van der Waals surface area contributed by atoms with Crippen LogP contribution in [0.2, 0.25) is 0 Å². The zero-order chi connectivity index (χ0) is 19.3. The molecule has 4 rings (SSSR count). The number of hydrogen-bond donors (Lipinski definition) is 0. The minimum absolute atomic E-state index is 0.00311. The van der Waals surface area contributed by atoms with Crippen molar-refractivity contribution in [3.63, 3.8) is 0 Å². The molecule has 6 nitrogen and oxygen atoms in total. The van der Waals surface area contributed by atoms with Crippen LogP contribution >= 0.6 is 0 Å². The van der Waals surface area contributed by atoms with Crippen LogP contribution in [-0.2, 0) is 6.54 Å². The van der Waals surface area contributed by atoms with E-state index in [4.69, 9.17) is 4.52 Å². The van der Waals surface area contributed by atoms with Gasteiger partial charge in [-0.05, 0) is 31.0 Å². The number of carbonyl (C=O) groups is 1. The summed E-state index contributed by atoms with van der Waals surface area (Å²) in [6.45, 7) is 5.94. The van der Waals surface area contributed by atoms with Gasteiger partial charge in [-0.2, -0.15) is 0 Å². The molecule has 1 aromatic carbocycles.